The van der Waals surface area contributed by atoms with Gasteiger partial charge in [0.2, 0.25) is 0 Å². The van der Waals surface area contributed by atoms with Crippen LogP contribution in [0.4, 0.5) is 0 Å². The molecule has 2 N–H and O–H groups in total. The molecule has 1 aromatic heterocycles. The van der Waals surface area contributed by atoms with Crippen LogP contribution in [0.5, 0.6) is 0 Å². The molecular weight excluding hydrogens is 424 g/mol. The Bertz CT molecular complexity index is 1390. The Morgan fingerprint density at radius 3 is 2.73 bits per heavy atom. The molecule has 4 rings (SSSR count). The fraction of sp³-hybridized carbons (Fsp3) is 0.0476. The van der Waals surface area contributed by atoms with Crippen LogP contribution in [-0.2, 0) is 9.59 Å². The fourth-order valence-corrected chi connectivity index (χ4v) is 4.20. The summed E-state index contributed by atoms with van der Waals surface area (Å²) in [6.07, 6.45) is 1.59. The van der Waals surface area contributed by atoms with Gasteiger partial charge in [-0.2, -0.15) is 0 Å². The van der Waals surface area contributed by atoms with E-state index in [1.165, 1.54) is 11.3 Å². The average Bonchev–Trinajstić information content (AvgIpc) is 3.09. The summed E-state index contributed by atoms with van der Waals surface area (Å²) >= 11 is 7.51. The molecule has 148 valence electrons. The standard InChI is InChI=1S/C21H13ClN4O3S/c22-18-14-6-2-4-8-16(14)30-19(18)21(29)23-11-17(27)26-24-10-13-9-12-5-1-3-7-15(12)25-20(13)28/h1-9H,11H2,(H,23,29)(H,26,27). The Morgan fingerprint density at radius 1 is 1.13 bits per heavy atom. The predicted molar refractivity (Wildman–Crippen MR) is 115 cm³/mol. The zero-order valence-corrected chi connectivity index (χ0v) is 16.9. The smallest absolute Gasteiger partial charge is 0.287 e. The van der Waals surface area contributed by atoms with Crippen molar-refractivity contribution in [3.63, 3.8) is 0 Å². The van der Waals surface area contributed by atoms with Crippen LogP contribution in [0.2, 0.25) is 5.02 Å². The van der Waals surface area contributed by atoms with E-state index in [4.69, 9.17) is 11.6 Å². The topological polar surface area (TPSA) is 100.0 Å². The number of nitrogens with zero attached hydrogens (tertiary/aromatic N) is 2. The zero-order chi connectivity index (χ0) is 21.1. The second kappa shape index (κ2) is 8.42. The lowest BCUT2D eigenvalue weighted by molar-refractivity contribution is -0.120. The first kappa shape index (κ1) is 19.7. The van der Waals surface area contributed by atoms with Crippen LogP contribution < -0.4 is 21.3 Å². The largest absolute Gasteiger partial charge is 0.342 e. The average molecular weight is 437 g/mol. The molecule has 0 aliphatic carbocycles. The molecule has 0 radical (unpaired) electrons. The number of nitrogens with one attached hydrogen (secondary N) is 2. The Hall–Kier alpha value is -3.58. The molecule has 1 aliphatic rings. The normalized spacial score (nSPS) is 12.3. The number of hydrogen-bond acceptors (Lipinski definition) is 5. The van der Waals surface area contributed by atoms with Gasteiger partial charge in [-0.3, -0.25) is 14.4 Å². The highest BCUT2D eigenvalue weighted by Gasteiger charge is 2.17. The van der Waals surface area contributed by atoms with Crippen molar-refractivity contribution in [1.82, 2.24) is 10.7 Å². The van der Waals surface area contributed by atoms with Gasteiger partial charge in [-0.15, -0.1) is 16.4 Å². The van der Waals surface area contributed by atoms with Crippen LogP contribution in [0.25, 0.3) is 16.2 Å². The highest BCUT2D eigenvalue weighted by Crippen LogP contribution is 2.34. The lowest BCUT2D eigenvalue weighted by Crippen LogP contribution is -2.34. The number of amides is 3. The number of fused-ring (bicyclic) bond motifs is 2. The molecule has 0 unspecified atom stereocenters. The predicted octanol–water partition coefficient (Wildman–Crippen LogP) is 1.55. The van der Waals surface area contributed by atoms with Crippen molar-refractivity contribution in [3.8, 4) is 0 Å². The van der Waals surface area contributed by atoms with Gasteiger partial charge in [-0.1, -0.05) is 48.0 Å². The molecule has 0 saturated heterocycles. The van der Waals surface area contributed by atoms with Crippen molar-refractivity contribution in [2.24, 2.45) is 10.1 Å². The molecule has 30 heavy (non-hydrogen) atoms. The number of hydrogen-bond donors (Lipinski definition) is 2. The molecule has 0 atom stereocenters. The van der Waals surface area contributed by atoms with Crippen LogP contribution in [0, 0.1) is 0 Å². The van der Waals surface area contributed by atoms with Crippen molar-refractivity contribution in [2.75, 3.05) is 6.54 Å². The summed E-state index contributed by atoms with van der Waals surface area (Å²) in [4.78, 5) is 40.5. The van der Waals surface area contributed by atoms with E-state index in [2.05, 4.69) is 26.7 Å². The van der Waals surface area contributed by atoms with E-state index < -0.39 is 17.7 Å². The molecule has 9 heteroatoms. The summed E-state index contributed by atoms with van der Waals surface area (Å²) < 4.78 is 0.883. The van der Waals surface area contributed by atoms with Gasteiger partial charge in [0.05, 0.1) is 16.9 Å². The summed E-state index contributed by atoms with van der Waals surface area (Å²) in [5.74, 6) is 0.939. The third-order valence-corrected chi connectivity index (χ3v) is 5.87. The molecule has 2 aromatic carbocycles. The summed E-state index contributed by atoms with van der Waals surface area (Å²) in [6, 6.07) is 14.5. The van der Waals surface area contributed by atoms with E-state index >= 15 is 0 Å². The fourth-order valence-electron chi connectivity index (χ4n) is 2.77. The lowest BCUT2D eigenvalue weighted by atomic mass is 10.1. The molecule has 0 bridgehead atoms. The van der Waals surface area contributed by atoms with Gasteiger partial charge in [-0.05, 0) is 18.2 Å². The third kappa shape index (κ3) is 4.06. The van der Waals surface area contributed by atoms with Gasteiger partial charge in [-0.25, -0.2) is 10.4 Å². The SMILES string of the molecule is O=C(CNC(=O)c1sc2ccccc2c1Cl)NN=C=C1C=c2ccccc2=NC1=O. The van der Waals surface area contributed by atoms with E-state index in [0.717, 1.165) is 15.3 Å². The Kier molecular flexibility index (Phi) is 5.54. The van der Waals surface area contributed by atoms with Gasteiger partial charge in [0, 0.05) is 21.2 Å². The zero-order valence-electron chi connectivity index (χ0n) is 15.3. The minimum absolute atomic E-state index is 0.120. The number of halogens is 1. The summed E-state index contributed by atoms with van der Waals surface area (Å²) in [5, 5.41) is 8.61. The van der Waals surface area contributed by atoms with E-state index in [-0.39, 0.29) is 12.1 Å². The van der Waals surface area contributed by atoms with Crippen LogP contribution in [0.15, 0.2) is 64.2 Å². The highest BCUT2D eigenvalue weighted by atomic mass is 35.5. The molecule has 3 amide bonds. The van der Waals surface area contributed by atoms with Crippen molar-refractivity contribution in [1.29, 1.82) is 0 Å². The second-order valence-corrected chi connectivity index (χ2v) is 7.65. The Balaban J connectivity index is 1.40. The molecule has 0 saturated carbocycles. The van der Waals surface area contributed by atoms with Crippen molar-refractivity contribution >= 4 is 62.7 Å². The monoisotopic (exact) mass is 436 g/mol. The van der Waals surface area contributed by atoms with Gasteiger partial charge in [0.25, 0.3) is 17.7 Å². The maximum absolute atomic E-state index is 12.3. The molecule has 0 spiro atoms. The quantitative estimate of drug-likeness (QED) is 0.368. The van der Waals surface area contributed by atoms with Crippen LogP contribution >= 0.6 is 22.9 Å². The number of carbonyl (C=O) groups is 3. The Morgan fingerprint density at radius 2 is 1.90 bits per heavy atom. The molecule has 7 nitrogen and oxygen atoms in total. The first-order chi connectivity index (χ1) is 14.5. The summed E-state index contributed by atoms with van der Waals surface area (Å²) in [7, 11) is 0. The summed E-state index contributed by atoms with van der Waals surface area (Å²) in [5.41, 5.74) is 2.34. The third-order valence-electron chi connectivity index (χ3n) is 4.20. The first-order valence-corrected chi connectivity index (χ1v) is 9.99. The number of carbonyl (C=O) groups excluding carboxylic acids is 3. The van der Waals surface area contributed by atoms with E-state index in [1.54, 1.807) is 24.3 Å². The minimum atomic E-state index is -0.575. The number of rotatable bonds is 4. The van der Waals surface area contributed by atoms with E-state index in [9.17, 15) is 14.4 Å². The maximum Gasteiger partial charge on any atom is 0.287 e. The lowest BCUT2D eigenvalue weighted by Gasteiger charge is -2.02. The van der Waals surface area contributed by atoms with Crippen molar-refractivity contribution in [2.45, 2.75) is 0 Å². The molecule has 1 aliphatic heterocycles. The molecule has 2 heterocycles. The molecular formula is C21H13ClN4O3S. The first-order valence-electron chi connectivity index (χ1n) is 8.79. The highest BCUT2D eigenvalue weighted by molar-refractivity contribution is 7.21. The minimum Gasteiger partial charge on any atom is -0.342 e. The number of para-hydroxylation sites is 1. The van der Waals surface area contributed by atoms with E-state index in [0.29, 0.717) is 15.3 Å². The van der Waals surface area contributed by atoms with Crippen LogP contribution in [0.3, 0.4) is 0 Å². The summed E-state index contributed by atoms with van der Waals surface area (Å²) in [6.45, 7) is -0.311. The molecule has 3 aromatic rings. The van der Waals surface area contributed by atoms with Gasteiger partial charge in [0.1, 0.15) is 10.5 Å². The van der Waals surface area contributed by atoms with Crippen LogP contribution in [0.1, 0.15) is 9.67 Å². The van der Waals surface area contributed by atoms with Crippen molar-refractivity contribution < 1.29 is 14.4 Å². The van der Waals surface area contributed by atoms with Crippen LogP contribution in [-0.4, -0.2) is 30.1 Å². The van der Waals surface area contributed by atoms with Crippen molar-refractivity contribution in [3.05, 3.63) is 74.6 Å². The van der Waals surface area contributed by atoms with E-state index in [1.807, 2.05) is 30.3 Å². The number of benzene rings is 2. The number of thiophene rings is 1. The van der Waals surface area contributed by atoms with Gasteiger partial charge in [0.15, 0.2) is 0 Å². The second-order valence-electron chi connectivity index (χ2n) is 6.22. The number of hydrazone groups is 1. The van der Waals surface area contributed by atoms with Gasteiger partial charge >= 0.3 is 0 Å². The van der Waals surface area contributed by atoms with Gasteiger partial charge < -0.3 is 5.32 Å². The maximum atomic E-state index is 12.3. The Labute approximate surface area is 179 Å². The molecule has 0 fully saturated rings.